The van der Waals surface area contributed by atoms with Crippen LogP contribution in [0.3, 0.4) is 0 Å². The third-order valence-corrected chi connectivity index (χ3v) is 11.3. The third kappa shape index (κ3) is 5.65. The molecule has 5 saturated carbocycles. The van der Waals surface area contributed by atoms with Crippen LogP contribution in [-0.4, -0.2) is 22.3 Å². The zero-order valence-electron chi connectivity index (χ0n) is 26.5. The van der Waals surface area contributed by atoms with E-state index in [0.717, 1.165) is 89.7 Å². The smallest absolute Gasteiger partial charge is 0.251 e. The molecule has 0 radical (unpaired) electrons. The maximum Gasteiger partial charge on any atom is 0.251 e. The monoisotopic (exact) mass is 579 g/mol. The first-order valence-corrected chi connectivity index (χ1v) is 16.9. The van der Waals surface area contributed by atoms with Crippen LogP contribution in [0.5, 0.6) is 0 Å². The minimum Gasteiger partial charge on any atom is -0.355 e. The van der Waals surface area contributed by atoms with Gasteiger partial charge in [-0.15, -0.1) is 0 Å². The summed E-state index contributed by atoms with van der Waals surface area (Å²) in [5.41, 5.74) is 4.41. The van der Waals surface area contributed by atoms with E-state index in [1.807, 2.05) is 30.3 Å². The number of H-pyrrole nitrogens is 1. The Balaban J connectivity index is 1.05. The Morgan fingerprint density at radius 2 is 1.47 bits per heavy atom. The number of nitrogens with one attached hydrogen (secondary N) is 3. The summed E-state index contributed by atoms with van der Waals surface area (Å²) in [6.45, 7) is 9.17. The van der Waals surface area contributed by atoms with Crippen molar-refractivity contribution in [2.45, 2.75) is 97.4 Å². The van der Waals surface area contributed by atoms with Gasteiger partial charge >= 0.3 is 0 Å². The molecular formula is C38H49N3O2. The zero-order chi connectivity index (χ0) is 29.9. The van der Waals surface area contributed by atoms with Crippen LogP contribution in [0.4, 0.5) is 5.69 Å². The molecular weight excluding hydrogens is 530 g/mol. The fraction of sp³-hybridized carbons (Fsp3) is 0.579. The van der Waals surface area contributed by atoms with Crippen molar-refractivity contribution in [3.05, 3.63) is 54.1 Å². The van der Waals surface area contributed by atoms with Gasteiger partial charge in [0.25, 0.3) is 5.91 Å². The molecule has 5 nitrogen and oxygen atoms in total. The molecule has 4 bridgehead atoms. The van der Waals surface area contributed by atoms with Crippen molar-refractivity contribution in [2.24, 2.45) is 40.9 Å². The van der Waals surface area contributed by atoms with E-state index in [4.69, 9.17) is 0 Å². The number of carbonyl (C=O) groups excluding carboxylic acids is 2. The molecule has 0 spiro atoms. The number of rotatable bonds is 7. The van der Waals surface area contributed by atoms with Crippen molar-refractivity contribution < 1.29 is 9.59 Å². The summed E-state index contributed by atoms with van der Waals surface area (Å²) in [5.74, 6) is 4.32. The number of aromatic amines is 1. The number of amides is 2. The SMILES string of the molecule is CC(C)CC1(NC(=O)c2ccc3[nH]c(-c4ccc(NC(=O)C56CC7CC(CC(C7)C5)C6)cc4)cc3c2)CC(C)CC(C)C1. The molecule has 5 aliphatic rings. The van der Waals surface area contributed by atoms with E-state index in [1.54, 1.807) is 0 Å². The Hall–Kier alpha value is -3.08. The van der Waals surface area contributed by atoms with Crippen LogP contribution in [0.1, 0.15) is 102 Å². The van der Waals surface area contributed by atoms with E-state index in [-0.39, 0.29) is 22.8 Å². The van der Waals surface area contributed by atoms with Crippen LogP contribution >= 0.6 is 0 Å². The second-order valence-corrected chi connectivity index (χ2v) is 15.9. The van der Waals surface area contributed by atoms with Crippen LogP contribution in [0.15, 0.2) is 48.5 Å². The first-order chi connectivity index (χ1) is 20.6. The summed E-state index contributed by atoms with van der Waals surface area (Å²) in [6, 6.07) is 16.3. The topological polar surface area (TPSA) is 74.0 Å². The normalized spacial score (nSPS) is 33.2. The number of fused-ring (bicyclic) bond motifs is 1. The van der Waals surface area contributed by atoms with Gasteiger partial charge in [-0.25, -0.2) is 0 Å². The van der Waals surface area contributed by atoms with Crippen LogP contribution < -0.4 is 10.6 Å². The number of anilines is 1. The second-order valence-electron chi connectivity index (χ2n) is 15.9. The fourth-order valence-corrected chi connectivity index (χ4v) is 10.5. The van der Waals surface area contributed by atoms with Gasteiger partial charge in [0.2, 0.25) is 5.91 Å². The molecule has 5 heteroatoms. The predicted molar refractivity (Wildman–Crippen MR) is 175 cm³/mol. The summed E-state index contributed by atoms with van der Waals surface area (Å²) in [7, 11) is 0. The number of benzene rings is 2. The molecule has 2 aromatic carbocycles. The maximum atomic E-state index is 13.6. The lowest BCUT2D eigenvalue weighted by atomic mass is 9.49. The predicted octanol–water partition coefficient (Wildman–Crippen LogP) is 8.96. The molecule has 0 saturated heterocycles. The zero-order valence-corrected chi connectivity index (χ0v) is 26.5. The number of hydrogen-bond acceptors (Lipinski definition) is 2. The Morgan fingerprint density at radius 3 is 2.07 bits per heavy atom. The van der Waals surface area contributed by atoms with Crippen molar-refractivity contribution in [3.63, 3.8) is 0 Å². The average Bonchev–Trinajstić information content (AvgIpc) is 3.35. The van der Waals surface area contributed by atoms with Gasteiger partial charge in [0.05, 0.1) is 5.41 Å². The average molecular weight is 580 g/mol. The maximum absolute atomic E-state index is 13.6. The fourth-order valence-electron chi connectivity index (χ4n) is 10.5. The molecule has 2 atom stereocenters. The largest absolute Gasteiger partial charge is 0.355 e. The van der Waals surface area contributed by atoms with E-state index < -0.39 is 0 Å². The molecule has 2 unspecified atom stereocenters. The molecule has 2 amide bonds. The number of aromatic nitrogens is 1. The van der Waals surface area contributed by atoms with Gasteiger partial charge in [0.15, 0.2) is 0 Å². The van der Waals surface area contributed by atoms with Crippen molar-refractivity contribution in [3.8, 4) is 11.3 Å². The molecule has 8 rings (SSSR count). The van der Waals surface area contributed by atoms with Gasteiger partial charge in [-0.1, -0.05) is 39.8 Å². The molecule has 228 valence electrons. The van der Waals surface area contributed by atoms with Crippen molar-refractivity contribution in [2.75, 3.05) is 5.32 Å². The highest BCUT2D eigenvalue weighted by Gasteiger charge is 2.54. The minimum absolute atomic E-state index is 0.0331. The van der Waals surface area contributed by atoms with Crippen LogP contribution in [0, 0.1) is 40.9 Å². The van der Waals surface area contributed by atoms with Gasteiger partial charge < -0.3 is 15.6 Å². The molecule has 43 heavy (non-hydrogen) atoms. The van der Waals surface area contributed by atoms with Gasteiger partial charge in [-0.3, -0.25) is 9.59 Å². The molecule has 1 heterocycles. The lowest BCUT2D eigenvalue weighted by Crippen LogP contribution is -2.53. The minimum atomic E-state index is -0.142. The summed E-state index contributed by atoms with van der Waals surface area (Å²) in [4.78, 5) is 30.6. The molecule has 5 fully saturated rings. The van der Waals surface area contributed by atoms with Crippen molar-refractivity contribution >= 4 is 28.4 Å². The highest BCUT2D eigenvalue weighted by atomic mass is 16.2. The first kappa shape index (κ1) is 28.7. The van der Waals surface area contributed by atoms with Gasteiger partial charge in [-0.05, 0) is 142 Å². The summed E-state index contributed by atoms with van der Waals surface area (Å²) < 4.78 is 0. The Labute approximate surface area is 257 Å². The van der Waals surface area contributed by atoms with E-state index in [9.17, 15) is 9.59 Å². The summed E-state index contributed by atoms with van der Waals surface area (Å²) >= 11 is 0. The van der Waals surface area contributed by atoms with E-state index in [1.165, 1.54) is 25.7 Å². The van der Waals surface area contributed by atoms with Gasteiger partial charge in [0.1, 0.15) is 0 Å². The highest BCUT2D eigenvalue weighted by molar-refractivity contribution is 5.99. The van der Waals surface area contributed by atoms with E-state index in [2.05, 4.69) is 61.5 Å². The van der Waals surface area contributed by atoms with Crippen LogP contribution in [-0.2, 0) is 4.79 Å². The molecule has 5 aliphatic carbocycles. The third-order valence-electron chi connectivity index (χ3n) is 11.3. The Morgan fingerprint density at radius 1 is 0.837 bits per heavy atom. The lowest BCUT2D eigenvalue weighted by molar-refractivity contribution is -0.140. The number of hydrogen-bond donors (Lipinski definition) is 3. The lowest BCUT2D eigenvalue weighted by Gasteiger charge is -2.55. The van der Waals surface area contributed by atoms with Crippen molar-refractivity contribution in [1.82, 2.24) is 10.3 Å². The second kappa shape index (κ2) is 10.8. The summed E-state index contributed by atoms with van der Waals surface area (Å²) in [6.07, 6.45) is 11.6. The van der Waals surface area contributed by atoms with Gasteiger partial charge in [-0.2, -0.15) is 0 Å². The Bertz CT molecular complexity index is 1460. The first-order valence-electron chi connectivity index (χ1n) is 16.9. The van der Waals surface area contributed by atoms with Crippen LogP contribution in [0.25, 0.3) is 22.2 Å². The van der Waals surface area contributed by atoms with Gasteiger partial charge in [0, 0.05) is 33.4 Å². The van der Waals surface area contributed by atoms with Crippen LogP contribution in [0.2, 0.25) is 0 Å². The quantitative estimate of drug-likeness (QED) is 0.261. The standard InChI is InChI=1S/C38H49N3O2/c1-23(2)17-38(18-24(3)11-25(4)19-38)41-35(42)30-7-10-33-31(15-30)16-34(40-33)29-5-8-32(9-6-29)39-36(43)37-20-26-12-27(21-37)14-28(13-26)22-37/h5-10,15-16,23-28,40H,11-14,17-22H2,1-4H3,(H,39,43)(H,41,42). The molecule has 3 N–H and O–H groups in total. The summed E-state index contributed by atoms with van der Waals surface area (Å²) in [5, 5.41) is 7.84. The Kier molecular flexibility index (Phi) is 7.22. The highest BCUT2D eigenvalue weighted by Crippen LogP contribution is 2.60. The van der Waals surface area contributed by atoms with Crippen molar-refractivity contribution in [1.29, 1.82) is 0 Å². The van der Waals surface area contributed by atoms with E-state index >= 15 is 0 Å². The van der Waals surface area contributed by atoms with E-state index in [0.29, 0.717) is 17.8 Å². The molecule has 1 aromatic heterocycles. The molecule has 3 aromatic rings. The molecule has 0 aliphatic heterocycles. The number of carbonyl (C=O) groups is 2.